The second kappa shape index (κ2) is 7.49. The lowest BCUT2D eigenvalue weighted by Gasteiger charge is -2.16. The summed E-state index contributed by atoms with van der Waals surface area (Å²) in [4.78, 5) is 24.0. The fourth-order valence-corrected chi connectivity index (χ4v) is 2.11. The molecule has 1 amide bonds. The number of nitrogens with one attached hydrogen (secondary N) is 1. The van der Waals surface area contributed by atoms with Crippen LogP contribution in [0.5, 0.6) is 0 Å². The van der Waals surface area contributed by atoms with Crippen LogP contribution in [0.3, 0.4) is 0 Å². The normalized spacial score (nSPS) is 11.6. The minimum atomic E-state index is -1.00. The Morgan fingerprint density at radius 3 is 2.35 bits per heavy atom. The van der Waals surface area contributed by atoms with Crippen LogP contribution in [0.15, 0.2) is 48.5 Å². The van der Waals surface area contributed by atoms with E-state index in [1.165, 1.54) is 43.5 Å². The van der Waals surface area contributed by atoms with Gasteiger partial charge in [0.2, 0.25) is 0 Å². The van der Waals surface area contributed by atoms with E-state index in [1.807, 2.05) is 0 Å². The molecule has 0 unspecified atom stereocenters. The number of carbonyl (C=O) groups is 2. The van der Waals surface area contributed by atoms with E-state index in [-0.39, 0.29) is 12.0 Å². The Balaban J connectivity index is 2.15. The molecule has 0 aliphatic heterocycles. The summed E-state index contributed by atoms with van der Waals surface area (Å²) in [6, 6.07) is 9.77. The van der Waals surface area contributed by atoms with Crippen molar-refractivity contribution in [2.75, 3.05) is 7.11 Å². The molecule has 0 aromatic heterocycles. The molecular weight excluding hydrogens is 304 g/mol. The number of esters is 1. The van der Waals surface area contributed by atoms with Crippen molar-refractivity contribution in [1.82, 2.24) is 5.32 Å². The monoisotopic (exact) mass is 319 g/mol. The van der Waals surface area contributed by atoms with Crippen LogP contribution >= 0.6 is 0 Å². The number of ether oxygens (including phenoxy) is 1. The van der Waals surface area contributed by atoms with Crippen LogP contribution in [0, 0.1) is 11.6 Å². The summed E-state index contributed by atoms with van der Waals surface area (Å²) in [7, 11) is 1.19. The lowest BCUT2D eigenvalue weighted by atomic mass is 10.1. The van der Waals surface area contributed by atoms with Crippen LogP contribution in [0.2, 0.25) is 0 Å². The van der Waals surface area contributed by atoms with Crippen LogP contribution in [-0.4, -0.2) is 25.0 Å². The number of carbonyl (C=O) groups excluding carboxylic acids is 2. The zero-order chi connectivity index (χ0) is 16.8. The van der Waals surface area contributed by atoms with E-state index in [4.69, 9.17) is 0 Å². The molecule has 0 heterocycles. The van der Waals surface area contributed by atoms with Gasteiger partial charge in [0.15, 0.2) is 0 Å². The van der Waals surface area contributed by atoms with Crippen LogP contribution in [0.25, 0.3) is 0 Å². The highest BCUT2D eigenvalue weighted by Crippen LogP contribution is 2.09. The van der Waals surface area contributed by atoms with Gasteiger partial charge in [-0.1, -0.05) is 18.2 Å². The number of benzene rings is 2. The lowest BCUT2D eigenvalue weighted by Crippen LogP contribution is -2.43. The lowest BCUT2D eigenvalue weighted by molar-refractivity contribution is -0.142. The second-order valence-electron chi connectivity index (χ2n) is 4.89. The van der Waals surface area contributed by atoms with E-state index in [2.05, 4.69) is 10.1 Å². The molecule has 1 N–H and O–H groups in total. The third-order valence-corrected chi connectivity index (χ3v) is 3.21. The van der Waals surface area contributed by atoms with Crippen molar-refractivity contribution in [2.24, 2.45) is 0 Å². The molecule has 0 aliphatic rings. The summed E-state index contributed by atoms with van der Waals surface area (Å²) in [6.45, 7) is 0. The van der Waals surface area contributed by atoms with Crippen molar-refractivity contribution in [2.45, 2.75) is 12.5 Å². The summed E-state index contributed by atoms with van der Waals surface area (Å²) in [5.41, 5.74) is 0.609. The Morgan fingerprint density at radius 2 is 1.74 bits per heavy atom. The molecular formula is C17H15F2NO3. The minimum absolute atomic E-state index is 0.0610. The standard InChI is InChI=1S/C17H15F2NO3/c1-23-17(22)15(9-11-4-2-6-13(18)8-11)20-16(21)12-5-3-7-14(19)10-12/h2-8,10,15H,9H2,1H3,(H,20,21)/t15-/m1/s1. The first kappa shape index (κ1) is 16.6. The van der Waals surface area contributed by atoms with E-state index in [0.29, 0.717) is 5.56 Å². The van der Waals surface area contributed by atoms with Gasteiger partial charge in [0, 0.05) is 12.0 Å². The molecule has 0 saturated carbocycles. The molecule has 0 aliphatic carbocycles. The molecule has 1 atom stereocenters. The largest absolute Gasteiger partial charge is 0.467 e. The third kappa shape index (κ3) is 4.60. The number of halogens is 2. The summed E-state index contributed by atoms with van der Waals surface area (Å²) >= 11 is 0. The molecule has 120 valence electrons. The highest BCUT2D eigenvalue weighted by atomic mass is 19.1. The van der Waals surface area contributed by atoms with Gasteiger partial charge in [-0.05, 0) is 35.9 Å². The van der Waals surface area contributed by atoms with Gasteiger partial charge in [-0.2, -0.15) is 0 Å². The quantitative estimate of drug-likeness (QED) is 0.862. The fraction of sp³-hybridized carbons (Fsp3) is 0.176. The van der Waals surface area contributed by atoms with Gasteiger partial charge < -0.3 is 10.1 Å². The zero-order valence-electron chi connectivity index (χ0n) is 12.4. The highest BCUT2D eigenvalue weighted by Gasteiger charge is 2.23. The maximum Gasteiger partial charge on any atom is 0.328 e. The van der Waals surface area contributed by atoms with Crippen molar-refractivity contribution in [3.63, 3.8) is 0 Å². The highest BCUT2D eigenvalue weighted by molar-refractivity contribution is 5.96. The topological polar surface area (TPSA) is 55.4 Å². The van der Waals surface area contributed by atoms with E-state index < -0.39 is 29.6 Å². The Labute approximate surface area is 132 Å². The van der Waals surface area contributed by atoms with E-state index in [9.17, 15) is 18.4 Å². The third-order valence-electron chi connectivity index (χ3n) is 3.21. The van der Waals surface area contributed by atoms with Gasteiger partial charge in [0.25, 0.3) is 5.91 Å². The van der Waals surface area contributed by atoms with E-state index in [1.54, 1.807) is 6.07 Å². The number of rotatable bonds is 5. The number of amides is 1. The van der Waals surface area contributed by atoms with Crippen molar-refractivity contribution >= 4 is 11.9 Å². The van der Waals surface area contributed by atoms with Gasteiger partial charge in [-0.3, -0.25) is 4.79 Å². The molecule has 4 nitrogen and oxygen atoms in total. The molecule has 0 fully saturated rings. The Morgan fingerprint density at radius 1 is 1.09 bits per heavy atom. The van der Waals surface area contributed by atoms with Crippen LogP contribution in [0.1, 0.15) is 15.9 Å². The number of methoxy groups -OCH3 is 1. The van der Waals surface area contributed by atoms with E-state index in [0.717, 1.165) is 6.07 Å². The minimum Gasteiger partial charge on any atom is -0.467 e. The van der Waals surface area contributed by atoms with Gasteiger partial charge in [0.05, 0.1) is 7.11 Å². The Hall–Kier alpha value is -2.76. The summed E-state index contributed by atoms with van der Waals surface area (Å²) in [5, 5.41) is 2.48. The molecule has 0 bridgehead atoms. The molecule has 2 rings (SSSR count). The van der Waals surface area contributed by atoms with Gasteiger partial charge in [0.1, 0.15) is 17.7 Å². The van der Waals surface area contributed by atoms with Crippen LogP contribution in [-0.2, 0) is 16.0 Å². The fourth-order valence-electron chi connectivity index (χ4n) is 2.11. The summed E-state index contributed by atoms with van der Waals surface area (Å²) in [5.74, 6) is -2.28. The smallest absolute Gasteiger partial charge is 0.328 e. The summed E-state index contributed by atoms with van der Waals surface area (Å²) in [6.07, 6.45) is 0.0610. The van der Waals surface area contributed by atoms with Gasteiger partial charge >= 0.3 is 5.97 Å². The Bertz CT molecular complexity index is 718. The molecule has 0 radical (unpaired) electrons. The first-order chi connectivity index (χ1) is 11.0. The van der Waals surface area contributed by atoms with Crippen molar-refractivity contribution in [1.29, 1.82) is 0 Å². The number of hydrogen-bond donors (Lipinski definition) is 1. The average Bonchev–Trinajstić information content (AvgIpc) is 2.53. The maximum absolute atomic E-state index is 13.2. The first-order valence-corrected chi connectivity index (χ1v) is 6.88. The van der Waals surface area contributed by atoms with Crippen LogP contribution in [0.4, 0.5) is 8.78 Å². The van der Waals surface area contributed by atoms with Crippen molar-refractivity contribution in [3.05, 3.63) is 71.3 Å². The second-order valence-corrected chi connectivity index (χ2v) is 4.89. The van der Waals surface area contributed by atoms with Gasteiger partial charge in [-0.15, -0.1) is 0 Å². The van der Waals surface area contributed by atoms with Crippen LogP contribution < -0.4 is 5.32 Å². The first-order valence-electron chi connectivity index (χ1n) is 6.88. The molecule has 0 spiro atoms. The summed E-state index contributed by atoms with van der Waals surface area (Å²) < 4.78 is 31.0. The average molecular weight is 319 g/mol. The predicted molar refractivity (Wildman–Crippen MR) is 79.8 cm³/mol. The zero-order valence-corrected chi connectivity index (χ0v) is 12.4. The molecule has 23 heavy (non-hydrogen) atoms. The molecule has 2 aromatic rings. The van der Waals surface area contributed by atoms with Crippen molar-refractivity contribution < 1.29 is 23.1 Å². The van der Waals surface area contributed by atoms with Crippen molar-refractivity contribution in [3.8, 4) is 0 Å². The maximum atomic E-state index is 13.2. The number of hydrogen-bond acceptors (Lipinski definition) is 3. The molecule has 0 saturated heterocycles. The van der Waals surface area contributed by atoms with Gasteiger partial charge in [-0.25, -0.2) is 13.6 Å². The van der Waals surface area contributed by atoms with E-state index >= 15 is 0 Å². The predicted octanol–water partition coefficient (Wildman–Crippen LogP) is 2.48. The molecule has 2 aromatic carbocycles. The Kier molecular flexibility index (Phi) is 5.41. The molecule has 6 heteroatoms. The SMILES string of the molecule is COC(=O)[C@@H](Cc1cccc(F)c1)NC(=O)c1cccc(F)c1.